The molecule has 76 valence electrons. The van der Waals surface area contributed by atoms with Crippen LogP contribution in [0, 0.1) is 21.9 Å². The Labute approximate surface area is 89.3 Å². The van der Waals surface area contributed by atoms with Crippen LogP contribution in [0.15, 0.2) is 6.07 Å². The molecule has 0 radical (unpaired) electrons. The molecule has 3 nitrogen and oxygen atoms in total. The Morgan fingerprint density at radius 2 is 2.36 bits per heavy atom. The Kier molecular flexibility index (Phi) is 3.90. The maximum absolute atomic E-state index is 8.46. The molecule has 1 aromatic heterocycles. The molecule has 0 aliphatic rings. The summed E-state index contributed by atoms with van der Waals surface area (Å²) in [4.78, 5) is 0. The van der Waals surface area contributed by atoms with Gasteiger partial charge in [-0.1, -0.05) is 26.1 Å². The van der Waals surface area contributed by atoms with Crippen molar-refractivity contribution in [3.63, 3.8) is 0 Å². The zero-order valence-corrected chi connectivity index (χ0v) is 9.40. The second-order valence-electron chi connectivity index (χ2n) is 3.78. The molecule has 4 heteroatoms. The van der Waals surface area contributed by atoms with Crippen molar-refractivity contribution in [1.29, 1.82) is 5.26 Å². The Morgan fingerprint density at radius 1 is 1.64 bits per heavy atom. The number of H-pyrrole nitrogens is 1. The molecule has 14 heavy (non-hydrogen) atoms. The monoisotopic (exact) mass is 209 g/mol. The van der Waals surface area contributed by atoms with Crippen molar-refractivity contribution in [2.75, 3.05) is 0 Å². The lowest BCUT2D eigenvalue weighted by Crippen LogP contribution is -2.01. The highest BCUT2D eigenvalue weighted by molar-refractivity contribution is 7.71. The molecule has 0 fully saturated rings. The third-order valence-corrected chi connectivity index (χ3v) is 2.26. The highest BCUT2D eigenvalue weighted by atomic mass is 32.1. The molecule has 1 N–H and O–H groups in total. The van der Waals surface area contributed by atoms with E-state index in [1.807, 2.05) is 10.7 Å². The molecule has 0 aliphatic heterocycles. The van der Waals surface area contributed by atoms with Gasteiger partial charge in [-0.05, 0) is 18.4 Å². The van der Waals surface area contributed by atoms with E-state index in [1.54, 1.807) is 0 Å². The molecule has 0 spiro atoms. The van der Waals surface area contributed by atoms with E-state index in [-0.39, 0.29) is 0 Å². The third-order valence-electron chi connectivity index (χ3n) is 1.92. The molecule has 0 bridgehead atoms. The molecular formula is C10H15N3S. The Morgan fingerprint density at radius 3 is 2.93 bits per heavy atom. The zero-order chi connectivity index (χ0) is 10.6. The SMILES string of the molecule is CC(C)Cc1cc(=S)n(CCC#N)[nH]1. The maximum Gasteiger partial charge on any atom is 0.122 e. The minimum atomic E-state index is 0.496. The molecule has 0 saturated carbocycles. The van der Waals surface area contributed by atoms with Crippen LogP contribution in [0.2, 0.25) is 0 Å². The molecule has 1 rings (SSSR count). The van der Waals surface area contributed by atoms with Crippen LogP contribution >= 0.6 is 12.2 Å². The van der Waals surface area contributed by atoms with Crippen LogP contribution in [0.25, 0.3) is 0 Å². The maximum atomic E-state index is 8.46. The number of aromatic amines is 1. The van der Waals surface area contributed by atoms with Crippen LogP contribution in [-0.2, 0) is 13.0 Å². The standard InChI is InChI=1S/C10H15N3S/c1-8(2)6-9-7-10(14)13(12-9)5-3-4-11/h7-8,12H,3,5-6H2,1-2H3. The Bertz CT molecular complexity index is 381. The van der Waals surface area contributed by atoms with Crippen LogP contribution < -0.4 is 0 Å². The van der Waals surface area contributed by atoms with Gasteiger partial charge < -0.3 is 5.10 Å². The van der Waals surface area contributed by atoms with E-state index in [0.717, 1.165) is 16.8 Å². The van der Waals surface area contributed by atoms with Gasteiger partial charge in [0.25, 0.3) is 0 Å². The number of aryl methyl sites for hydroxylation is 1. The average Bonchev–Trinajstić information content (AvgIpc) is 2.41. The summed E-state index contributed by atoms with van der Waals surface area (Å²) in [6.07, 6.45) is 1.50. The lowest BCUT2D eigenvalue weighted by atomic mass is 10.1. The summed E-state index contributed by atoms with van der Waals surface area (Å²) in [5.41, 5.74) is 1.16. The highest BCUT2D eigenvalue weighted by Gasteiger charge is 2.02. The fraction of sp³-hybridized carbons (Fsp3) is 0.600. The summed E-state index contributed by atoms with van der Waals surface area (Å²) in [5.74, 6) is 0.618. The van der Waals surface area contributed by atoms with E-state index in [0.29, 0.717) is 18.9 Å². The van der Waals surface area contributed by atoms with Crippen molar-refractivity contribution in [1.82, 2.24) is 9.78 Å². The summed E-state index contributed by atoms with van der Waals surface area (Å²) < 4.78 is 2.65. The summed E-state index contributed by atoms with van der Waals surface area (Å²) in [7, 11) is 0. The summed E-state index contributed by atoms with van der Waals surface area (Å²) in [6.45, 7) is 5.00. The fourth-order valence-corrected chi connectivity index (χ4v) is 1.64. The highest BCUT2D eigenvalue weighted by Crippen LogP contribution is 2.06. The number of aromatic nitrogens is 2. The normalized spacial score (nSPS) is 10.4. The van der Waals surface area contributed by atoms with Crippen LogP contribution in [0.4, 0.5) is 0 Å². The Balaban J connectivity index is 2.73. The first-order chi connectivity index (χ1) is 6.63. The lowest BCUT2D eigenvalue weighted by Gasteiger charge is -2.01. The van der Waals surface area contributed by atoms with Crippen molar-refractivity contribution in [2.45, 2.75) is 33.2 Å². The molecule has 1 aromatic rings. The van der Waals surface area contributed by atoms with Gasteiger partial charge in [0.15, 0.2) is 0 Å². The number of rotatable bonds is 4. The summed E-state index contributed by atoms with van der Waals surface area (Å²) in [6, 6.07) is 4.09. The number of hydrogen-bond acceptors (Lipinski definition) is 2. The van der Waals surface area contributed by atoms with Gasteiger partial charge in [0.05, 0.1) is 19.0 Å². The van der Waals surface area contributed by atoms with Gasteiger partial charge in [-0.2, -0.15) is 5.26 Å². The van der Waals surface area contributed by atoms with Gasteiger partial charge in [0, 0.05) is 5.69 Å². The summed E-state index contributed by atoms with van der Waals surface area (Å²) >= 11 is 5.16. The second-order valence-corrected chi connectivity index (χ2v) is 4.20. The van der Waals surface area contributed by atoms with Crippen molar-refractivity contribution in [3.05, 3.63) is 16.4 Å². The van der Waals surface area contributed by atoms with E-state index in [2.05, 4.69) is 25.0 Å². The molecule has 0 aromatic carbocycles. The van der Waals surface area contributed by atoms with Crippen molar-refractivity contribution in [3.8, 4) is 6.07 Å². The minimum Gasteiger partial charge on any atom is -0.302 e. The van der Waals surface area contributed by atoms with Gasteiger partial charge in [-0.15, -0.1) is 0 Å². The van der Waals surface area contributed by atoms with Gasteiger partial charge in [0.1, 0.15) is 4.64 Å². The molecule has 0 saturated heterocycles. The number of nitrogens with one attached hydrogen (secondary N) is 1. The van der Waals surface area contributed by atoms with Crippen LogP contribution in [0.5, 0.6) is 0 Å². The Hall–Kier alpha value is -1.08. The predicted molar refractivity (Wildman–Crippen MR) is 58.4 cm³/mol. The fourth-order valence-electron chi connectivity index (χ4n) is 1.36. The molecule has 0 aliphatic carbocycles. The predicted octanol–water partition coefficient (Wildman–Crippen LogP) is 2.66. The van der Waals surface area contributed by atoms with Gasteiger partial charge in [0.2, 0.25) is 0 Å². The molecule has 0 atom stereocenters. The molecule has 0 unspecified atom stereocenters. The molecular weight excluding hydrogens is 194 g/mol. The first-order valence-corrected chi connectivity index (χ1v) is 5.20. The smallest absolute Gasteiger partial charge is 0.122 e. The number of hydrogen-bond donors (Lipinski definition) is 1. The number of nitriles is 1. The van der Waals surface area contributed by atoms with E-state index in [9.17, 15) is 0 Å². The first-order valence-electron chi connectivity index (χ1n) is 4.79. The number of nitrogens with zero attached hydrogens (tertiary/aromatic N) is 2. The molecule has 1 heterocycles. The van der Waals surface area contributed by atoms with E-state index < -0.39 is 0 Å². The van der Waals surface area contributed by atoms with Crippen LogP contribution in [0.3, 0.4) is 0 Å². The zero-order valence-electron chi connectivity index (χ0n) is 8.58. The lowest BCUT2D eigenvalue weighted by molar-refractivity contribution is 0.583. The molecule has 0 amide bonds. The second kappa shape index (κ2) is 4.97. The van der Waals surface area contributed by atoms with E-state index in [4.69, 9.17) is 17.5 Å². The van der Waals surface area contributed by atoms with Gasteiger partial charge in [-0.3, -0.25) is 4.68 Å². The van der Waals surface area contributed by atoms with Gasteiger partial charge in [-0.25, -0.2) is 0 Å². The van der Waals surface area contributed by atoms with Gasteiger partial charge >= 0.3 is 0 Å². The first kappa shape index (κ1) is 11.0. The summed E-state index contributed by atoms with van der Waals surface area (Å²) in [5, 5.41) is 11.7. The minimum absolute atomic E-state index is 0.496. The van der Waals surface area contributed by atoms with E-state index >= 15 is 0 Å². The quantitative estimate of drug-likeness (QED) is 0.775. The van der Waals surface area contributed by atoms with Crippen molar-refractivity contribution < 1.29 is 0 Å². The van der Waals surface area contributed by atoms with Crippen molar-refractivity contribution in [2.24, 2.45) is 5.92 Å². The topological polar surface area (TPSA) is 44.5 Å². The van der Waals surface area contributed by atoms with Crippen molar-refractivity contribution >= 4 is 12.2 Å². The van der Waals surface area contributed by atoms with Crippen LogP contribution in [0.1, 0.15) is 26.0 Å². The van der Waals surface area contributed by atoms with E-state index in [1.165, 1.54) is 0 Å². The largest absolute Gasteiger partial charge is 0.302 e. The van der Waals surface area contributed by atoms with Crippen LogP contribution in [-0.4, -0.2) is 9.78 Å². The average molecular weight is 209 g/mol. The third kappa shape index (κ3) is 3.00.